The van der Waals surface area contributed by atoms with Gasteiger partial charge in [0.05, 0.1) is 34.1 Å². The predicted molar refractivity (Wildman–Crippen MR) is 118 cm³/mol. The number of rotatable bonds is 8. The van der Waals surface area contributed by atoms with Crippen molar-refractivity contribution in [2.24, 2.45) is 0 Å². The quantitative estimate of drug-likeness (QED) is 0.510. The second-order valence-electron chi connectivity index (χ2n) is 6.16. The Morgan fingerprint density at radius 2 is 1.68 bits per heavy atom. The van der Waals surface area contributed by atoms with Crippen molar-refractivity contribution < 1.29 is 28.1 Å². The maximum Gasteiger partial charge on any atom is 0.250 e. The van der Waals surface area contributed by atoms with Crippen LogP contribution in [0.15, 0.2) is 41.8 Å². The van der Waals surface area contributed by atoms with Crippen molar-refractivity contribution in [3.05, 3.63) is 53.2 Å². The van der Waals surface area contributed by atoms with Crippen molar-refractivity contribution in [3.63, 3.8) is 0 Å². The molecule has 7 nitrogen and oxygen atoms in total. The van der Waals surface area contributed by atoms with Crippen molar-refractivity contribution in [2.45, 2.75) is 0 Å². The molecular weight excluding hydrogens is 423 g/mol. The zero-order valence-corrected chi connectivity index (χ0v) is 18.2. The number of amides is 1. The molecule has 0 aliphatic heterocycles. The molecule has 3 rings (SSSR count). The molecule has 0 atom stereocenters. The molecule has 0 unspecified atom stereocenters. The van der Waals surface area contributed by atoms with Gasteiger partial charge in [0.1, 0.15) is 11.6 Å². The molecule has 9 heteroatoms. The van der Waals surface area contributed by atoms with Crippen LogP contribution in [-0.4, -0.2) is 39.3 Å². The summed E-state index contributed by atoms with van der Waals surface area (Å²) in [6.07, 6.45) is 2.98. The molecule has 2 aromatic carbocycles. The second kappa shape index (κ2) is 9.94. The van der Waals surface area contributed by atoms with Gasteiger partial charge in [-0.1, -0.05) is 0 Å². The minimum absolute atomic E-state index is 0.374. The smallest absolute Gasteiger partial charge is 0.250 e. The average Bonchev–Trinajstić information content (AvgIpc) is 3.24. The molecule has 0 aliphatic rings. The van der Waals surface area contributed by atoms with E-state index in [0.29, 0.717) is 45.0 Å². The minimum atomic E-state index is -0.400. The number of anilines is 1. The molecule has 1 aromatic heterocycles. The largest absolute Gasteiger partial charge is 0.496 e. The third-order valence-corrected chi connectivity index (χ3v) is 5.04. The summed E-state index contributed by atoms with van der Waals surface area (Å²) in [7, 11) is 6.06. The van der Waals surface area contributed by atoms with E-state index in [0.717, 1.165) is 0 Å². The normalized spacial score (nSPS) is 10.7. The summed E-state index contributed by atoms with van der Waals surface area (Å²) in [5.74, 6) is 1.15. The van der Waals surface area contributed by atoms with Crippen LogP contribution in [0.25, 0.3) is 17.3 Å². The Hall–Kier alpha value is -3.59. The molecule has 0 bridgehead atoms. The molecule has 31 heavy (non-hydrogen) atoms. The van der Waals surface area contributed by atoms with Gasteiger partial charge in [-0.05, 0) is 42.0 Å². The van der Waals surface area contributed by atoms with E-state index in [2.05, 4.69) is 10.3 Å². The summed E-state index contributed by atoms with van der Waals surface area (Å²) in [4.78, 5) is 16.7. The Morgan fingerprint density at radius 1 is 1.00 bits per heavy atom. The van der Waals surface area contributed by atoms with Gasteiger partial charge in [0.15, 0.2) is 16.6 Å². The second-order valence-corrected chi connectivity index (χ2v) is 7.02. The Morgan fingerprint density at radius 3 is 2.29 bits per heavy atom. The Labute approximate surface area is 183 Å². The van der Waals surface area contributed by atoms with Crippen molar-refractivity contribution in [3.8, 4) is 34.3 Å². The molecule has 0 fully saturated rings. The van der Waals surface area contributed by atoms with Crippen molar-refractivity contribution in [1.29, 1.82) is 0 Å². The summed E-state index contributed by atoms with van der Waals surface area (Å²) >= 11 is 1.23. The summed E-state index contributed by atoms with van der Waals surface area (Å²) < 4.78 is 34.8. The van der Waals surface area contributed by atoms with E-state index in [1.54, 1.807) is 23.6 Å². The van der Waals surface area contributed by atoms with Crippen molar-refractivity contribution >= 4 is 28.5 Å². The summed E-state index contributed by atoms with van der Waals surface area (Å²) in [5, 5.41) is 4.79. The molecule has 1 heterocycles. The third kappa shape index (κ3) is 5.13. The zero-order valence-electron chi connectivity index (χ0n) is 17.4. The van der Waals surface area contributed by atoms with Crippen LogP contribution >= 0.6 is 11.3 Å². The zero-order chi connectivity index (χ0) is 22.4. The summed E-state index contributed by atoms with van der Waals surface area (Å²) in [6.45, 7) is 0. The number of hydrogen-bond donors (Lipinski definition) is 1. The molecule has 0 aliphatic carbocycles. The highest BCUT2D eigenvalue weighted by Gasteiger charge is 2.14. The van der Waals surface area contributed by atoms with Gasteiger partial charge in [-0.15, -0.1) is 11.3 Å². The van der Waals surface area contributed by atoms with E-state index in [9.17, 15) is 9.18 Å². The van der Waals surface area contributed by atoms with E-state index in [-0.39, 0.29) is 5.91 Å². The molecule has 1 N–H and O–H groups in total. The van der Waals surface area contributed by atoms with Gasteiger partial charge in [0, 0.05) is 17.0 Å². The number of carbonyl (C=O) groups excluding carboxylic acids is 1. The SMILES string of the molecule is COc1ccc(F)cc1-c1csc(NC(=O)/C=C/c2cc(OC)c(OC)c(OC)c2)n1. The third-order valence-electron chi connectivity index (χ3n) is 4.29. The topological polar surface area (TPSA) is 78.9 Å². The number of halogens is 1. The van der Waals surface area contributed by atoms with Crippen LogP contribution in [0.4, 0.5) is 9.52 Å². The molecular formula is C22H21FN2O5S. The van der Waals surface area contributed by atoms with Gasteiger partial charge < -0.3 is 18.9 Å². The average molecular weight is 444 g/mol. The fourth-order valence-corrected chi connectivity index (χ4v) is 3.57. The number of benzene rings is 2. The Balaban J connectivity index is 1.75. The van der Waals surface area contributed by atoms with Crippen LogP contribution in [0.1, 0.15) is 5.56 Å². The lowest BCUT2D eigenvalue weighted by atomic mass is 10.1. The van der Waals surface area contributed by atoms with E-state index >= 15 is 0 Å². The number of hydrogen-bond acceptors (Lipinski definition) is 7. The van der Waals surface area contributed by atoms with Gasteiger partial charge in [0.25, 0.3) is 0 Å². The fraction of sp³-hybridized carbons (Fsp3) is 0.182. The highest BCUT2D eigenvalue weighted by Crippen LogP contribution is 2.38. The van der Waals surface area contributed by atoms with Crippen LogP contribution < -0.4 is 24.3 Å². The standard InChI is InChI=1S/C22H21FN2O5S/c1-27-17-7-6-14(23)11-15(17)16-12-31-22(24-16)25-20(26)8-5-13-9-18(28-2)21(30-4)19(10-13)29-3/h5-12H,1-4H3,(H,24,25,26)/b8-5+. The van der Waals surface area contributed by atoms with Gasteiger partial charge >= 0.3 is 0 Å². The van der Waals surface area contributed by atoms with Gasteiger partial charge in [-0.2, -0.15) is 0 Å². The lowest BCUT2D eigenvalue weighted by Gasteiger charge is -2.12. The first-order valence-corrected chi connectivity index (χ1v) is 9.95. The molecule has 0 saturated heterocycles. The van der Waals surface area contributed by atoms with Crippen LogP contribution in [0.5, 0.6) is 23.0 Å². The molecule has 0 saturated carbocycles. The van der Waals surface area contributed by atoms with Crippen LogP contribution in [0.2, 0.25) is 0 Å². The number of nitrogens with one attached hydrogen (secondary N) is 1. The Kier molecular flexibility index (Phi) is 7.09. The number of thiazole rings is 1. The maximum absolute atomic E-state index is 13.6. The van der Waals surface area contributed by atoms with E-state index < -0.39 is 5.82 Å². The van der Waals surface area contributed by atoms with Crippen molar-refractivity contribution in [1.82, 2.24) is 4.98 Å². The fourth-order valence-electron chi connectivity index (χ4n) is 2.85. The molecule has 162 valence electrons. The molecule has 3 aromatic rings. The van der Waals surface area contributed by atoms with Crippen LogP contribution in [0.3, 0.4) is 0 Å². The number of methoxy groups -OCH3 is 4. The maximum atomic E-state index is 13.6. The highest BCUT2D eigenvalue weighted by atomic mass is 32.1. The monoisotopic (exact) mass is 444 g/mol. The van der Waals surface area contributed by atoms with E-state index in [1.807, 2.05) is 0 Å². The number of ether oxygens (including phenoxy) is 4. The lowest BCUT2D eigenvalue weighted by molar-refractivity contribution is -0.111. The van der Waals surface area contributed by atoms with Gasteiger partial charge in [0.2, 0.25) is 11.7 Å². The first-order valence-electron chi connectivity index (χ1n) is 9.07. The first-order chi connectivity index (χ1) is 15.0. The van der Waals surface area contributed by atoms with Crippen LogP contribution in [0, 0.1) is 5.82 Å². The van der Waals surface area contributed by atoms with Crippen molar-refractivity contribution in [2.75, 3.05) is 33.8 Å². The van der Waals surface area contributed by atoms with E-state index in [4.69, 9.17) is 18.9 Å². The lowest BCUT2D eigenvalue weighted by Crippen LogP contribution is -2.07. The number of carbonyl (C=O) groups is 1. The summed E-state index contributed by atoms with van der Waals surface area (Å²) in [6, 6.07) is 7.63. The predicted octanol–water partition coefficient (Wildman–Crippen LogP) is 4.64. The van der Waals surface area contributed by atoms with Gasteiger partial charge in [-0.25, -0.2) is 9.37 Å². The summed E-state index contributed by atoms with van der Waals surface area (Å²) in [5.41, 5.74) is 1.70. The first kappa shape index (κ1) is 22.1. The number of aromatic nitrogens is 1. The van der Waals surface area contributed by atoms with E-state index in [1.165, 1.54) is 64.1 Å². The molecule has 0 spiro atoms. The van der Waals surface area contributed by atoms with Crippen LogP contribution in [-0.2, 0) is 4.79 Å². The molecule has 1 amide bonds. The molecule has 0 radical (unpaired) electrons. The number of nitrogens with zero attached hydrogens (tertiary/aromatic N) is 1. The minimum Gasteiger partial charge on any atom is -0.496 e. The Bertz CT molecular complexity index is 1090. The van der Waals surface area contributed by atoms with Gasteiger partial charge in [-0.3, -0.25) is 10.1 Å². The highest BCUT2D eigenvalue weighted by molar-refractivity contribution is 7.14.